The molecule has 0 aliphatic carbocycles. The van der Waals surface area contributed by atoms with Gasteiger partial charge in [-0.3, -0.25) is 4.79 Å². The fraction of sp³-hybridized carbons (Fsp3) is 0.286. The van der Waals surface area contributed by atoms with E-state index in [4.69, 9.17) is 9.72 Å². The van der Waals surface area contributed by atoms with Crippen molar-refractivity contribution < 1.29 is 14.3 Å². The monoisotopic (exact) mass is 408 g/mol. The summed E-state index contributed by atoms with van der Waals surface area (Å²) in [7, 11) is 0. The number of para-hydroxylation sites is 1. The number of carbonyl (C=O) groups excluding carboxylic acids is 2. The van der Waals surface area contributed by atoms with E-state index in [9.17, 15) is 9.59 Å². The van der Waals surface area contributed by atoms with Crippen molar-refractivity contribution >= 4 is 44.9 Å². The van der Waals surface area contributed by atoms with Crippen LogP contribution in [0.15, 0.2) is 42.5 Å². The maximum absolute atomic E-state index is 12.7. The van der Waals surface area contributed by atoms with Crippen molar-refractivity contribution in [1.29, 1.82) is 0 Å². The van der Waals surface area contributed by atoms with Gasteiger partial charge in [-0.1, -0.05) is 12.1 Å². The van der Waals surface area contributed by atoms with Crippen molar-refractivity contribution in [3.63, 3.8) is 0 Å². The van der Waals surface area contributed by atoms with Gasteiger partial charge >= 0.3 is 6.03 Å². The van der Waals surface area contributed by atoms with Gasteiger partial charge in [-0.25, -0.2) is 9.78 Å². The zero-order valence-electron chi connectivity index (χ0n) is 15.7. The molecule has 2 N–H and O–H groups in total. The van der Waals surface area contributed by atoms with E-state index < -0.39 is 0 Å². The largest absolute Gasteiger partial charge is 0.482 e. The molecule has 8 heteroatoms. The molecule has 2 aliphatic rings. The lowest BCUT2D eigenvalue weighted by Crippen LogP contribution is -2.40. The third kappa shape index (κ3) is 3.63. The van der Waals surface area contributed by atoms with E-state index in [1.807, 2.05) is 23.1 Å². The predicted molar refractivity (Wildman–Crippen MR) is 113 cm³/mol. The second kappa shape index (κ2) is 7.36. The number of amides is 3. The van der Waals surface area contributed by atoms with Gasteiger partial charge in [0.1, 0.15) is 5.75 Å². The minimum atomic E-state index is -0.176. The molecule has 0 saturated carbocycles. The third-order valence-corrected chi connectivity index (χ3v) is 6.51. The Kier molecular flexibility index (Phi) is 4.55. The highest BCUT2D eigenvalue weighted by atomic mass is 32.1. The first kappa shape index (κ1) is 17.9. The molecule has 0 spiro atoms. The normalized spacial score (nSPS) is 16.8. The standard InChI is InChI=1S/C21H20N4O3S/c26-19-12-28-17-11-14(5-6-15(17)23-19)22-21(27)25-9-7-13(8-10-25)20-24-16-3-1-2-4-18(16)29-20/h1-6,11,13H,7-10,12H2,(H,22,27)(H,23,26). The molecule has 3 aromatic rings. The molecule has 2 aromatic carbocycles. The van der Waals surface area contributed by atoms with E-state index in [0.717, 1.165) is 18.4 Å². The zero-order chi connectivity index (χ0) is 19.8. The van der Waals surface area contributed by atoms with Crippen LogP contribution in [0.3, 0.4) is 0 Å². The summed E-state index contributed by atoms with van der Waals surface area (Å²) in [6.45, 7) is 1.39. The van der Waals surface area contributed by atoms with E-state index >= 15 is 0 Å². The van der Waals surface area contributed by atoms with Crippen molar-refractivity contribution in [1.82, 2.24) is 9.88 Å². The molecule has 29 heavy (non-hydrogen) atoms. The SMILES string of the molecule is O=C1COc2cc(NC(=O)N3CCC(c4nc5ccccc5s4)CC3)ccc2N1. The highest BCUT2D eigenvalue weighted by Crippen LogP contribution is 2.34. The Morgan fingerprint density at radius 3 is 2.86 bits per heavy atom. The summed E-state index contributed by atoms with van der Waals surface area (Å²) >= 11 is 1.76. The number of fused-ring (bicyclic) bond motifs is 2. The van der Waals surface area contributed by atoms with Crippen molar-refractivity contribution in [2.75, 3.05) is 30.3 Å². The number of nitrogens with zero attached hydrogens (tertiary/aromatic N) is 2. The molecular formula is C21H20N4O3S. The number of rotatable bonds is 2. The quantitative estimate of drug-likeness (QED) is 0.670. The topological polar surface area (TPSA) is 83.6 Å². The maximum atomic E-state index is 12.7. The molecule has 1 aromatic heterocycles. The highest BCUT2D eigenvalue weighted by molar-refractivity contribution is 7.18. The van der Waals surface area contributed by atoms with Crippen molar-refractivity contribution in [2.24, 2.45) is 0 Å². The molecule has 0 bridgehead atoms. The molecule has 3 amide bonds. The third-order valence-electron chi connectivity index (χ3n) is 5.31. The van der Waals surface area contributed by atoms with Crippen LogP contribution in [0, 0.1) is 0 Å². The van der Waals surface area contributed by atoms with Crippen LogP contribution < -0.4 is 15.4 Å². The van der Waals surface area contributed by atoms with Crippen LogP contribution in [0.5, 0.6) is 5.75 Å². The first-order valence-electron chi connectivity index (χ1n) is 9.64. The molecule has 7 nitrogen and oxygen atoms in total. The van der Waals surface area contributed by atoms with Crippen molar-refractivity contribution in [2.45, 2.75) is 18.8 Å². The van der Waals surface area contributed by atoms with Crippen molar-refractivity contribution in [3.8, 4) is 5.75 Å². The summed E-state index contributed by atoms with van der Waals surface area (Å²) in [4.78, 5) is 30.6. The van der Waals surface area contributed by atoms with Gasteiger partial charge in [-0.15, -0.1) is 11.3 Å². The molecule has 0 radical (unpaired) electrons. The second-order valence-corrected chi connectivity index (χ2v) is 8.32. The fourth-order valence-corrected chi connectivity index (χ4v) is 4.89. The van der Waals surface area contributed by atoms with E-state index in [-0.39, 0.29) is 18.5 Å². The number of hydrogen-bond donors (Lipinski definition) is 2. The minimum absolute atomic E-state index is 0.0102. The van der Waals surface area contributed by atoms with Gasteiger partial charge in [0.05, 0.1) is 20.9 Å². The number of likely N-dealkylation sites (tertiary alicyclic amines) is 1. The molecule has 0 atom stereocenters. The number of ether oxygens (including phenoxy) is 1. The van der Waals surface area contributed by atoms with Crippen LogP contribution in [0.1, 0.15) is 23.8 Å². The molecule has 0 unspecified atom stereocenters. The van der Waals surface area contributed by atoms with Gasteiger partial charge < -0.3 is 20.3 Å². The smallest absolute Gasteiger partial charge is 0.321 e. The average molecular weight is 408 g/mol. The number of nitrogens with one attached hydrogen (secondary N) is 2. The van der Waals surface area contributed by atoms with Crippen LogP contribution in [-0.2, 0) is 4.79 Å². The predicted octanol–water partition coefficient (Wildman–Crippen LogP) is 4.04. The Bertz CT molecular complexity index is 1060. The number of thiazole rings is 1. The first-order valence-corrected chi connectivity index (χ1v) is 10.5. The molecule has 5 rings (SSSR count). The van der Waals surface area contributed by atoms with Gasteiger partial charge in [-0.05, 0) is 37.1 Å². The molecule has 1 saturated heterocycles. The Labute approximate surface area is 171 Å². The van der Waals surface area contributed by atoms with Gasteiger partial charge in [0.2, 0.25) is 0 Å². The number of carbonyl (C=O) groups is 2. The summed E-state index contributed by atoms with van der Waals surface area (Å²) in [5.41, 5.74) is 2.33. The summed E-state index contributed by atoms with van der Waals surface area (Å²) in [5.74, 6) is 0.791. The number of benzene rings is 2. The van der Waals surface area contributed by atoms with Crippen LogP contribution in [0.2, 0.25) is 0 Å². The minimum Gasteiger partial charge on any atom is -0.482 e. The molecule has 148 valence electrons. The van der Waals surface area contributed by atoms with E-state index in [2.05, 4.69) is 16.7 Å². The van der Waals surface area contributed by atoms with Gasteiger partial charge in [0.15, 0.2) is 6.61 Å². The van der Waals surface area contributed by atoms with Gasteiger partial charge in [0, 0.05) is 30.8 Å². The summed E-state index contributed by atoms with van der Waals surface area (Å²) < 4.78 is 6.62. The number of hydrogen-bond acceptors (Lipinski definition) is 5. The van der Waals surface area contributed by atoms with Crippen LogP contribution >= 0.6 is 11.3 Å². The molecule has 3 heterocycles. The van der Waals surface area contributed by atoms with E-state index in [1.165, 1.54) is 9.71 Å². The summed E-state index contributed by atoms with van der Waals surface area (Å²) in [6.07, 6.45) is 1.82. The number of piperidine rings is 1. The second-order valence-electron chi connectivity index (χ2n) is 7.26. The number of anilines is 2. The maximum Gasteiger partial charge on any atom is 0.321 e. The Morgan fingerprint density at radius 1 is 1.21 bits per heavy atom. The fourth-order valence-electron chi connectivity index (χ4n) is 3.75. The lowest BCUT2D eigenvalue weighted by Gasteiger charge is -2.31. The molecule has 2 aliphatic heterocycles. The Hall–Kier alpha value is -3.13. The summed E-state index contributed by atoms with van der Waals surface area (Å²) in [6, 6.07) is 13.3. The lowest BCUT2D eigenvalue weighted by molar-refractivity contribution is -0.118. The summed E-state index contributed by atoms with van der Waals surface area (Å²) in [5, 5.41) is 6.84. The number of urea groups is 1. The Balaban J connectivity index is 1.21. The van der Waals surface area contributed by atoms with Crippen LogP contribution in [0.4, 0.5) is 16.2 Å². The highest BCUT2D eigenvalue weighted by Gasteiger charge is 2.26. The molecule has 1 fully saturated rings. The molecular weight excluding hydrogens is 388 g/mol. The Morgan fingerprint density at radius 2 is 2.03 bits per heavy atom. The average Bonchev–Trinajstić information content (AvgIpc) is 3.18. The van der Waals surface area contributed by atoms with Gasteiger partial charge in [-0.2, -0.15) is 0 Å². The van der Waals surface area contributed by atoms with Crippen LogP contribution in [0.25, 0.3) is 10.2 Å². The lowest BCUT2D eigenvalue weighted by atomic mass is 9.98. The van der Waals surface area contributed by atoms with Crippen LogP contribution in [-0.4, -0.2) is 41.5 Å². The first-order chi connectivity index (χ1) is 14.2. The van der Waals surface area contributed by atoms with Crippen molar-refractivity contribution in [3.05, 3.63) is 47.5 Å². The van der Waals surface area contributed by atoms with E-state index in [1.54, 1.807) is 29.5 Å². The van der Waals surface area contributed by atoms with Gasteiger partial charge in [0.25, 0.3) is 5.91 Å². The van der Waals surface area contributed by atoms with E-state index in [0.29, 0.717) is 36.1 Å². The zero-order valence-corrected chi connectivity index (χ0v) is 16.5. The number of aromatic nitrogens is 1.